The van der Waals surface area contributed by atoms with Crippen molar-refractivity contribution in [1.29, 1.82) is 0 Å². The number of thioether (sulfide) groups is 2. The zero-order chi connectivity index (χ0) is 17.6. The van der Waals surface area contributed by atoms with Crippen LogP contribution >= 0.6 is 23.5 Å². The van der Waals surface area contributed by atoms with E-state index in [1.165, 1.54) is 17.1 Å². The van der Waals surface area contributed by atoms with E-state index >= 15 is 0 Å². The van der Waals surface area contributed by atoms with E-state index in [-0.39, 0.29) is 12.6 Å². The first-order chi connectivity index (χ1) is 12.2. The maximum atomic E-state index is 12.2. The third-order valence-corrected chi connectivity index (χ3v) is 6.96. The van der Waals surface area contributed by atoms with Gasteiger partial charge in [-0.3, -0.25) is 0 Å². The Labute approximate surface area is 156 Å². The van der Waals surface area contributed by atoms with Crippen LogP contribution in [0.5, 0.6) is 11.5 Å². The van der Waals surface area contributed by atoms with Gasteiger partial charge in [-0.15, -0.1) is 23.5 Å². The number of esters is 1. The van der Waals surface area contributed by atoms with Gasteiger partial charge in [0.05, 0.1) is 24.4 Å². The summed E-state index contributed by atoms with van der Waals surface area (Å²) in [5, 5.41) is 0. The minimum absolute atomic E-state index is 0.190. The molecule has 25 heavy (non-hydrogen) atoms. The molecule has 2 aromatic rings. The SMILES string of the molecule is COc1ccc(COC(=O)c2ccc(C3SCCS3)cc2)cc1OC. The molecular weight excluding hydrogens is 356 g/mol. The summed E-state index contributed by atoms with van der Waals surface area (Å²) in [7, 11) is 3.17. The Bertz CT molecular complexity index is 725. The normalized spacial score (nSPS) is 14.3. The Balaban J connectivity index is 1.60. The van der Waals surface area contributed by atoms with E-state index in [0.29, 0.717) is 21.6 Å². The molecule has 0 N–H and O–H groups in total. The second kappa shape index (κ2) is 8.54. The molecule has 0 amide bonds. The molecule has 6 heteroatoms. The number of ether oxygens (including phenoxy) is 3. The third kappa shape index (κ3) is 4.44. The van der Waals surface area contributed by atoms with Crippen LogP contribution < -0.4 is 9.47 Å². The molecular formula is C19H20O4S2. The summed E-state index contributed by atoms with van der Waals surface area (Å²) >= 11 is 3.90. The van der Waals surface area contributed by atoms with Crippen LogP contribution in [0.1, 0.15) is 26.1 Å². The van der Waals surface area contributed by atoms with Crippen LogP contribution in [-0.4, -0.2) is 31.7 Å². The molecule has 0 atom stereocenters. The van der Waals surface area contributed by atoms with Crippen LogP contribution in [0.4, 0.5) is 0 Å². The standard InChI is InChI=1S/C19H20O4S2/c1-21-16-8-3-13(11-17(16)22-2)12-23-18(20)14-4-6-15(7-5-14)19-24-9-10-25-19/h3-8,11,19H,9-10,12H2,1-2H3. The molecule has 0 saturated carbocycles. The molecule has 1 saturated heterocycles. The van der Waals surface area contributed by atoms with E-state index in [4.69, 9.17) is 14.2 Å². The number of hydrogen-bond acceptors (Lipinski definition) is 6. The molecule has 0 radical (unpaired) electrons. The quantitative estimate of drug-likeness (QED) is 0.690. The summed E-state index contributed by atoms with van der Waals surface area (Å²) < 4.78 is 16.4. The second-order valence-electron chi connectivity index (χ2n) is 5.46. The van der Waals surface area contributed by atoms with Gasteiger partial charge in [-0.05, 0) is 35.4 Å². The number of carbonyl (C=O) groups is 1. The fourth-order valence-electron chi connectivity index (χ4n) is 2.53. The molecule has 0 bridgehead atoms. The molecule has 1 aliphatic rings. The first-order valence-electron chi connectivity index (χ1n) is 7.92. The van der Waals surface area contributed by atoms with Crippen molar-refractivity contribution in [3.63, 3.8) is 0 Å². The van der Waals surface area contributed by atoms with Gasteiger partial charge >= 0.3 is 5.97 Å². The summed E-state index contributed by atoms with van der Waals surface area (Å²) in [6, 6.07) is 13.2. The van der Waals surface area contributed by atoms with E-state index in [2.05, 4.69) is 0 Å². The highest BCUT2D eigenvalue weighted by atomic mass is 32.2. The van der Waals surface area contributed by atoms with Crippen molar-refractivity contribution >= 4 is 29.5 Å². The van der Waals surface area contributed by atoms with Gasteiger partial charge in [0.2, 0.25) is 0 Å². The van der Waals surface area contributed by atoms with Crippen molar-refractivity contribution in [2.24, 2.45) is 0 Å². The topological polar surface area (TPSA) is 44.8 Å². The van der Waals surface area contributed by atoms with Crippen molar-refractivity contribution in [3.8, 4) is 11.5 Å². The maximum Gasteiger partial charge on any atom is 0.338 e. The number of carbonyl (C=O) groups excluding carboxylic acids is 1. The highest BCUT2D eigenvalue weighted by Crippen LogP contribution is 2.45. The fourth-order valence-corrected chi connectivity index (χ4v) is 5.39. The maximum absolute atomic E-state index is 12.2. The number of rotatable bonds is 6. The molecule has 1 aliphatic heterocycles. The monoisotopic (exact) mass is 376 g/mol. The Hall–Kier alpha value is -1.79. The minimum Gasteiger partial charge on any atom is -0.493 e. The average Bonchev–Trinajstić information content (AvgIpc) is 3.20. The van der Waals surface area contributed by atoms with E-state index in [1.807, 2.05) is 59.9 Å². The van der Waals surface area contributed by atoms with Gasteiger partial charge in [0, 0.05) is 11.5 Å². The van der Waals surface area contributed by atoms with Gasteiger partial charge in [-0.1, -0.05) is 18.2 Å². The zero-order valence-corrected chi connectivity index (χ0v) is 15.8. The van der Waals surface area contributed by atoms with Crippen LogP contribution in [0.2, 0.25) is 0 Å². The average molecular weight is 376 g/mol. The lowest BCUT2D eigenvalue weighted by Gasteiger charge is -2.11. The Morgan fingerprint density at radius 3 is 2.32 bits per heavy atom. The van der Waals surface area contributed by atoms with E-state index in [1.54, 1.807) is 20.3 Å². The summed E-state index contributed by atoms with van der Waals surface area (Å²) in [4.78, 5) is 12.2. The molecule has 0 unspecified atom stereocenters. The predicted octanol–water partition coefficient (Wildman–Crippen LogP) is 4.54. The van der Waals surface area contributed by atoms with E-state index in [0.717, 1.165) is 5.56 Å². The highest BCUT2D eigenvalue weighted by molar-refractivity contribution is 8.19. The van der Waals surface area contributed by atoms with Gasteiger partial charge in [0.15, 0.2) is 11.5 Å². The first kappa shape index (κ1) is 18.0. The predicted molar refractivity (Wildman–Crippen MR) is 103 cm³/mol. The van der Waals surface area contributed by atoms with Gasteiger partial charge in [0.25, 0.3) is 0 Å². The highest BCUT2D eigenvalue weighted by Gasteiger charge is 2.18. The molecule has 1 fully saturated rings. The lowest BCUT2D eigenvalue weighted by Crippen LogP contribution is -2.05. The van der Waals surface area contributed by atoms with Crippen molar-refractivity contribution in [1.82, 2.24) is 0 Å². The zero-order valence-electron chi connectivity index (χ0n) is 14.2. The summed E-state index contributed by atoms with van der Waals surface area (Å²) in [5.41, 5.74) is 2.67. The van der Waals surface area contributed by atoms with E-state index in [9.17, 15) is 4.79 Å². The molecule has 0 aliphatic carbocycles. The van der Waals surface area contributed by atoms with Crippen molar-refractivity contribution in [2.45, 2.75) is 11.2 Å². The molecule has 4 nitrogen and oxygen atoms in total. The van der Waals surface area contributed by atoms with Gasteiger partial charge in [-0.25, -0.2) is 4.79 Å². The molecule has 0 spiro atoms. The largest absolute Gasteiger partial charge is 0.493 e. The Morgan fingerprint density at radius 1 is 1.00 bits per heavy atom. The first-order valence-corrected chi connectivity index (χ1v) is 10.0. The smallest absolute Gasteiger partial charge is 0.338 e. The number of benzene rings is 2. The third-order valence-electron chi connectivity index (χ3n) is 3.86. The van der Waals surface area contributed by atoms with Crippen LogP contribution in [0.3, 0.4) is 0 Å². The van der Waals surface area contributed by atoms with Crippen molar-refractivity contribution in [2.75, 3.05) is 25.7 Å². The second-order valence-corrected chi connectivity index (χ2v) is 8.19. The van der Waals surface area contributed by atoms with Crippen LogP contribution in [0, 0.1) is 0 Å². The molecule has 0 aromatic heterocycles. The van der Waals surface area contributed by atoms with Crippen LogP contribution in [-0.2, 0) is 11.3 Å². The molecule has 132 valence electrons. The lowest BCUT2D eigenvalue weighted by atomic mass is 10.1. The summed E-state index contributed by atoms with van der Waals surface area (Å²) in [6.07, 6.45) is 0. The summed E-state index contributed by atoms with van der Waals surface area (Å²) in [5.74, 6) is 3.31. The lowest BCUT2D eigenvalue weighted by molar-refractivity contribution is 0.0472. The van der Waals surface area contributed by atoms with E-state index < -0.39 is 0 Å². The van der Waals surface area contributed by atoms with Gasteiger partial charge in [0.1, 0.15) is 6.61 Å². The van der Waals surface area contributed by atoms with Crippen LogP contribution in [0.25, 0.3) is 0 Å². The Morgan fingerprint density at radius 2 is 1.68 bits per heavy atom. The van der Waals surface area contributed by atoms with Crippen LogP contribution in [0.15, 0.2) is 42.5 Å². The number of methoxy groups -OCH3 is 2. The molecule has 1 heterocycles. The molecule has 2 aromatic carbocycles. The van der Waals surface area contributed by atoms with Crippen molar-refractivity contribution in [3.05, 3.63) is 59.2 Å². The number of hydrogen-bond donors (Lipinski definition) is 0. The minimum atomic E-state index is -0.326. The Kier molecular flexibility index (Phi) is 6.15. The van der Waals surface area contributed by atoms with Gasteiger partial charge < -0.3 is 14.2 Å². The fraction of sp³-hybridized carbons (Fsp3) is 0.316. The van der Waals surface area contributed by atoms with Crippen molar-refractivity contribution < 1.29 is 19.0 Å². The van der Waals surface area contributed by atoms with Gasteiger partial charge in [-0.2, -0.15) is 0 Å². The molecule has 3 rings (SSSR count). The summed E-state index contributed by atoms with van der Waals surface area (Å²) in [6.45, 7) is 0.190.